The van der Waals surface area contributed by atoms with Crippen molar-refractivity contribution in [1.29, 1.82) is 0 Å². The van der Waals surface area contributed by atoms with Gasteiger partial charge in [-0.05, 0) is 61.1 Å². The normalized spacial score (nSPS) is 19.4. The molecule has 0 aliphatic heterocycles. The fraction of sp³-hybridized carbons (Fsp3) is 0.650. The average molecular weight is 417 g/mol. The Morgan fingerprint density at radius 2 is 1.96 bits per heavy atom. The Morgan fingerprint density at radius 3 is 2.61 bits per heavy atom. The van der Waals surface area contributed by atoms with Crippen LogP contribution < -0.4 is 9.46 Å². The fourth-order valence-electron chi connectivity index (χ4n) is 3.35. The van der Waals surface area contributed by atoms with E-state index in [1.54, 1.807) is 13.2 Å². The minimum atomic E-state index is -2.57. The van der Waals surface area contributed by atoms with Gasteiger partial charge in [0.05, 0.1) is 18.8 Å². The van der Waals surface area contributed by atoms with Gasteiger partial charge in [-0.25, -0.2) is 13.2 Å². The summed E-state index contributed by atoms with van der Waals surface area (Å²) in [5.41, 5.74) is 0.825. The summed E-state index contributed by atoms with van der Waals surface area (Å²) in [6.07, 6.45) is 2.53. The zero-order valence-corrected chi connectivity index (χ0v) is 16.8. The molecule has 2 aliphatic carbocycles. The van der Waals surface area contributed by atoms with Gasteiger partial charge in [-0.15, -0.1) is 0 Å². The van der Waals surface area contributed by atoms with Crippen LogP contribution in [0.4, 0.5) is 13.2 Å². The highest BCUT2D eigenvalue weighted by Gasteiger charge is 2.35. The number of amides is 1. The van der Waals surface area contributed by atoms with E-state index in [-0.39, 0.29) is 30.2 Å². The van der Waals surface area contributed by atoms with E-state index in [0.29, 0.717) is 37.6 Å². The summed E-state index contributed by atoms with van der Waals surface area (Å²) < 4.78 is 54.5. The van der Waals surface area contributed by atoms with Crippen LogP contribution in [0.25, 0.3) is 0 Å². The van der Waals surface area contributed by atoms with Crippen LogP contribution in [0.15, 0.2) is 12.1 Å². The second-order valence-corrected chi connectivity index (χ2v) is 8.43. The number of benzene rings is 1. The molecule has 0 radical (unpaired) electrons. The Hall–Kier alpha value is -1.41. The number of carbonyl (C=O) groups is 1. The molecule has 0 spiro atoms. The smallest absolute Gasteiger partial charge is 0.264 e. The van der Waals surface area contributed by atoms with Gasteiger partial charge in [-0.3, -0.25) is 9.52 Å². The minimum Gasteiger partial charge on any atom is -0.493 e. The number of methoxy groups -OCH3 is 1. The second-order valence-electron chi connectivity index (χ2n) is 7.53. The van der Waals surface area contributed by atoms with Crippen LogP contribution in [0.2, 0.25) is 0 Å². The van der Waals surface area contributed by atoms with Crippen molar-refractivity contribution in [3.8, 4) is 5.75 Å². The van der Waals surface area contributed by atoms with Gasteiger partial charge < -0.3 is 9.47 Å². The number of hydrogen-bond donors (Lipinski definition) is 1. The number of hydrogen-bond acceptors (Lipinski definition) is 4. The van der Waals surface area contributed by atoms with Gasteiger partial charge in [0.25, 0.3) is 5.91 Å². The maximum Gasteiger partial charge on any atom is 0.264 e. The summed E-state index contributed by atoms with van der Waals surface area (Å²) in [5, 5.41) is 0. The SMILES string of the molecule is COCCSNC(=O)c1cc(C2CC2)c(OCC2CCC(F)(F)CC2)cc1F. The van der Waals surface area contributed by atoms with Crippen LogP contribution >= 0.6 is 11.9 Å². The maximum absolute atomic E-state index is 14.5. The van der Waals surface area contributed by atoms with E-state index in [4.69, 9.17) is 9.47 Å². The molecule has 1 amide bonds. The topological polar surface area (TPSA) is 47.6 Å². The second kappa shape index (κ2) is 9.39. The zero-order chi connectivity index (χ0) is 20.1. The van der Waals surface area contributed by atoms with Gasteiger partial charge in [0.2, 0.25) is 5.92 Å². The third-order valence-corrected chi connectivity index (χ3v) is 5.93. The number of halogens is 3. The molecule has 2 aliphatic rings. The van der Waals surface area contributed by atoms with Gasteiger partial charge in [-0.2, -0.15) is 0 Å². The maximum atomic E-state index is 14.5. The lowest BCUT2D eigenvalue weighted by Crippen LogP contribution is -2.27. The molecule has 2 fully saturated rings. The van der Waals surface area contributed by atoms with Crippen molar-refractivity contribution in [2.45, 2.75) is 50.4 Å². The summed E-state index contributed by atoms with van der Waals surface area (Å²) in [6.45, 7) is 0.786. The van der Waals surface area contributed by atoms with Crippen molar-refractivity contribution in [3.05, 3.63) is 29.1 Å². The first-order valence-corrected chi connectivity index (χ1v) is 10.6. The van der Waals surface area contributed by atoms with Crippen molar-refractivity contribution < 1.29 is 27.4 Å². The van der Waals surface area contributed by atoms with Crippen LogP contribution in [0.5, 0.6) is 5.75 Å². The summed E-state index contributed by atoms with van der Waals surface area (Å²) in [4.78, 5) is 12.3. The first-order valence-electron chi connectivity index (χ1n) is 9.65. The molecule has 1 N–H and O–H groups in total. The van der Waals surface area contributed by atoms with Crippen LogP contribution in [-0.4, -0.2) is 37.9 Å². The van der Waals surface area contributed by atoms with E-state index in [1.807, 2.05) is 0 Å². The fourth-order valence-corrected chi connectivity index (χ4v) is 3.95. The van der Waals surface area contributed by atoms with E-state index in [2.05, 4.69) is 4.72 Å². The number of rotatable bonds is 9. The zero-order valence-electron chi connectivity index (χ0n) is 15.9. The van der Waals surface area contributed by atoms with Crippen molar-refractivity contribution in [1.82, 2.24) is 4.72 Å². The highest BCUT2D eigenvalue weighted by atomic mass is 32.2. The number of nitrogens with one attached hydrogen (secondary N) is 1. The summed E-state index contributed by atoms with van der Waals surface area (Å²) in [6, 6.07) is 2.84. The molecule has 0 heterocycles. The van der Waals surface area contributed by atoms with Crippen LogP contribution in [0, 0.1) is 11.7 Å². The van der Waals surface area contributed by atoms with Crippen LogP contribution in [-0.2, 0) is 4.74 Å². The molecule has 0 saturated heterocycles. The van der Waals surface area contributed by atoms with E-state index in [1.165, 1.54) is 18.0 Å². The standard InChI is InChI=1S/C20H26F3NO3S/c1-26-8-9-28-24-19(25)16-10-15(14-2-3-14)18(11-17(16)21)27-12-13-4-6-20(22,23)7-5-13/h10-11,13-14H,2-9,12H2,1H3,(H,24,25). The van der Waals surface area contributed by atoms with E-state index < -0.39 is 17.6 Å². The monoisotopic (exact) mass is 417 g/mol. The molecule has 0 unspecified atom stereocenters. The lowest BCUT2D eigenvalue weighted by Gasteiger charge is -2.28. The van der Waals surface area contributed by atoms with Gasteiger partial charge in [0.15, 0.2) is 0 Å². The lowest BCUT2D eigenvalue weighted by atomic mass is 9.87. The number of ether oxygens (including phenoxy) is 2. The molecular formula is C20H26F3NO3S. The Labute approximate surface area is 167 Å². The Morgan fingerprint density at radius 1 is 1.25 bits per heavy atom. The van der Waals surface area contributed by atoms with Gasteiger partial charge >= 0.3 is 0 Å². The average Bonchev–Trinajstić information content (AvgIpc) is 3.49. The van der Waals surface area contributed by atoms with E-state index >= 15 is 0 Å². The highest BCUT2D eigenvalue weighted by molar-refractivity contribution is 7.97. The van der Waals surface area contributed by atoms with Crippen molar-refractivity contribution in [2.24, 2.45) is 5.92 Å². The van der Waals surface area contributed by atoms with E-state index in [0.717, 1.165) is 18.4 Å². The molecular weight excluding hydrogens is 391 g/mol. The molecule has 28 heavy (non-hydrogen) atoms. The minimum absolute atomic E-state index is 0.00326. The molecule has 0 bridgehead atoms. The predicted octanol–water partition coefficient (Wildman–Crippen LogP) is 4.93. The quantitative estimate of drug-likeness (QED) is 0.457. The first kappa shape index (κ1) is 21.3. The molecule has 0 atom stereocenters. The van der Waals surface area contributed by atoms with Gasteiger partial charge in [-0.1, -0.05) is 0 Å². The van der Waals surface area contributed by atoms with Crippen LogP contribution in [0.3, 0.4) is 0 Å². The lowest BCUT2D eigenvalue weighted by molar-refractivity contribution is -0.0498. The third kappa shape index (κ3) is 5.80. The van der Waals surface area contributed by atoms with Gasteiger partial charge in [0, 0.05) is 31.8 Å². The molecule has 1 aromatic carbocycles. The van der Waals surface area contributed by atoms with Crippen molar-refractivity contribution in [2.75, 3.05) is 26.1 Å². The number of carbonyl (C=O) groups excluding carboxylic acids is 1. The molecule has 3 rings (SSSR count). The molecule has 2 saturated carbocycles. The largest absolute Gasteiger partial charge is 0.493 e. The van der Waals surface area contributed by atoms with Gasteiger partial charge in [0.1, 0.15) is 11.6 Å². The summed E-state index contributed by atoms with van der Waals surface area (Å²) in [5.74, 6) is -2.38. The third-order valence-electron chi connectivity index (χ3n) is 5.23. The van der Waals surface area contributed by atoms with E-state index in [9.17, 15) is 18.0 Å². The van der Waals surface area contributed by atoms with Crippen LogP contribution in [0.1, 0.15) is 60.4 Å². The molecule has 8 heteroatoms. The van der Waals surface area contributed by atoms with Crippen molar-refractivity contribution in [3.63, 3.8) is 0 Å². The Bertz CT molecular complexity index is 688. The molecule has 4 nitrogen and oxygen atoms in total. The molecule has 1 aromatic rings. The Kier molecular flexibility index (Phi) is 7.15. The summed E-state index contributed by atoms with van der Waals surface area (Å²) >= 11 is 1.17. The number of alkyl halides is 2. The Balaban J connectivity index is 1.63. The first-order chi connectivity index (χ1) is 13.4. The molecule has 156 valence electrons. The predicted molar refractivity (Wildman–Crippen MR) is 103 cm³/mol. The van der Waals surface area contributed by atoms with Crippen molar-refractivity contribution >= 4 is 17.9 Å². The molecule has 0 aromatic heterocycles. The highest BCUT2D eigenvalue weighted by Crippen LogP contribution is 2.45. The summed E-state index contributed by atoms with van der Waals surface area (Å²) in [7, 11) is 1.57.